The Hall–Kier alpha value is -2.93. The number of carbonyl (C=O) groups excluding carboxylic acids is 2. The van der Waals surface area contributed by atoms with E-state index in [0.717, 1.165) is 11.1 Å². The molecule has 0 aliphatic heterocycles. The van der Waals surface area contributed by atoms with Gasteiger partial charge in [0.05, 0.1) is 0 Å². The second-order valence-corrected chi connectivity index (χ2v) is 6.28. The van der Waals surface area contributed by atoms with Crippen molar-refractivity contribution >= 4 is 40.5 Å². The lowest BCUT2D eigenvalue weighted by molar-refractivity contribution is -0.118. The molecule has 7 heteroatoms. The first-order valence-electron chi connectivity index (χ1n) is 8.01. The molecule has 6 nitrogen and oxygen atoms in total. The van der Waals surface area contributed by atoms with Crippen molar-refractivity contribution in [1.82, 2.24) is 5.32 Å². The number of nitrogens with one attached hydrogen (secondary N) is 3. The van der Waals surface area contributed by atoms with Gasteiger partial charge in [0, 0.05) is 18.3 Å². The molecule has 0 aliphatic rings. The number of carbonyl (C=O) groups is 2. The highest BCUT2D eigenvalue weighted by atomic mass is 32.1. The lowest BCUT2D eigenvalue weighted by Gasteiger charge is -2.11. The molecule has 136 valence electrons. The SMILES string of the molecule is CC(=O)NC(=S)Nc1ccc(NC(=O)COc2cc(C)cc(C)c2)cc1. The fourth-order valence-electron chi connectivity index (χ4n) is 2.32. The van der Waals surface area contributed by atoms with Crippen molar-refractivity contribution in [2.45, 2.75) is 20.8 Å². The van der Waals surface area contributed by atoms with E-state index in [2.05, 4.69) is 16.0 Å². The summed E-state index contributed by atoms with van der Waals surface area (Å²) in [5, 5.41) is 8.32. The van der Waals surface area contributed by atoms with E-state index in [1.165, 1.54) is 6.92 Å². The van der Waals surface area contributed by atoms with Gasteiger partial charge in [0.15, 0.2) is 11.7 Å². The van der Waals surface area contributed by atoms with Crippen LogP contribution in [-0.2, 0) is 9.59 Å². The summed E-state index contributed by atoms with van der Waals surface area (Å²) in [5.41, 5.74) is 3.50. The van der Waals surface area contributed by atoms with Crippen molar-refractivity contribution in [3.05, 3.63) is 53.6 Å². The number of amides is 2. The Labute approximate surface area is 157 Å². The highest BCUT2D eigenvalue weighted by Crippen LogP contribution is 2.17. The van der Waals surface area contributed by atoms with Gasteiger partial charge in [0.1, 0.15) is 5.75 Å². The van der Waals surface area contributed by atoms with Crippen LogP contribution >= 0.6 is 12.2 Å². The molecular weight excluding hydrogens is 350 g/mol. The summed E-state index contributed by atoms with van der Waals surface area (Å²) in [5.74, 6) is 0.178. The number of thiocarbonyl (C=S) groups is 1. The van der Waals surface area contributed by atoms with Crippen LogP contribution in [0, 0.1) is 13.8 Å². The van der Waals surface area contributed by atoms with E-state index in [-0.39, 0.29) is 23.5 Å². The highest BCUT2D eigenvalue weighted by molar-refractivity contribution is 7.80. The minimum absolute atomic E-state index is 0.0739. The molecule has 2 aromatic rings. The Bertz CT molecular complexity index is 799. The second-order valence-electron chi connectivity index (χ2n) is 5.87. The first-order chi connectivity index (χ1) is 12.3. The van der Waals surface area contributed by atoms with E-state index < -0.39 is 0 Å². The van der Waals surface area contributed by atoms with Crippen LogP contribution in [0.2, 0.25) is 0 Å². The highest BCUT2D eigenvalue weighted by Gasteiger charge is 2.05. The summed E-state index contributed by atoms with van der Waals surface area (Å²) in [4.78, 5) is 22.9. The van der Waals surface area contributed by atoms with Gasteiger partial charge in [0.2, 0.25) is 5.91 Å². The summed E-state index contributed by atoms with van der Waals surface area (Å²) >= 11 is 4.98. The number of hydrogen-bond acceptors (Lipinski definition) is 4. The Balaban J connectivity index is 1.85. The van der Waals surface area contributed by atoms with E-state index in [1.807, 2.05) is 32.0 Å². The number of anilines is 2. The zero-order valence-electron chi connectivity index (χ0n) is 14.9. The number of aryl methyl sites for hydroxylation is 2. The van der Waals surface area contributed by atoms with Gasteiger partial charge in [-0.05, 0) is 73.6 Å². The smallest absolute Gasteiger partial charge is 0.262 e. The summed E-state index contributed by atoms with van der Waals surface area (Å²) < 4.78 is 5.53. The van der Waals surface area contributed by atoms with Gasteiger partial charge in [-0.15, -0.1) is 0 Å². The molecule has 0 aliphatic carbocycles. The molecule has 0 spiro atoms. The zero-order valence-corrected chi connectivity index (χ0v) is 15.7. The molecule has 3 N–H and O–H groups in total. The largest absolute Gasteiger partial charge is 0.484 e. The van der Waals surface area contributed by atoms with Crippen molar-refractivity contribution in [1.29, 1.82) is 0 Å². The Morgan fingerprint density at radius 2 is 1.50 bits per heavy atom. The standard InChI is InChI=1S/C19H21N3O3S/c1-12-8-13(2)10-17(9-12)25-11-18(24)21-15-4-6-16(7-5-15)22-19(26)20-14(3)23/h4-10H,11H2,1-3H3,(H,21,24)(H2,20,22,23,26). The van der Waals surface area contributed by atoms with Gasteiger partial charge in [0.25, 0.3) is 5.91 Å². The first kappa shape index (κ1) is 19.4. The van der Waals surface area contributed by atoms with Crippen molar-refractivity contribution in [3.63, 3.8) is 0 Å². The normalized spacial score (nSPS) is 9.96. The molecular formula is C19H21N3O3S. The van der Waals surface area contributed by atoms with Crippen LogP contribution in [0.5, 0.6) is 5.75 Å². The minimum atomic E-state index is -0.251. The van der Waals surface area contributed by atoms with Crippen molar-refractivity contribution in [3.8, 4) is 5.75 Å². The molecule has 0 aromatic heterocycles. The Kier molecular flexibility index (Phi) is 6.68. The Morgan fingerprint density at radius 1 is 0.962 bits per heavy atom. The monoisotopic (exact) mass is 371 g/mol. The fourth-order valence-corrected chi connectivity index (χ4v) is 2.58. The molecule has 0 heterocycles. The third-order valence-corrected chi connectivity index (χ3v) is 3.49. The second kappa shape index (κ2) is 8.96. The van der Waals surface area contributed by atoms with Crippen molar-refractivity contribution in [2.75, 3.05) is 17.2 Å². The van der Waals surface area contributed by atoms with Gasteiger partial charge >= 0.3 is 0 Å². The van der Waals surface area contributed by atoms with E-state index >= 15 is 0 Å². The molecule has 0 fully saturated rings. The van der Waals surface area contributed by atoms with Crippen LogP contribution < -0.4 is 20.7 Å². The summed E-state index contributed by atoms with van der Waals surface area (Å²) in [6, 6.07) is 12.8. The predicted octanol–water partition coefficient (Wildman–Crippen LogP) is 3.15. The third kappa shape index (κ3) is 6.52. The van der Waals surface area contributed by atoms with Gasteiger partial charge in [-0.3, -0.25) is 9.59 Å². The van der Waals surface area contributed by atoms with Crippen LogP contribution in [0.4, 0.5) is 11.4 Å². The summed E-state index contributed by atoms with van der Waals surface area (Å²) in [7, 11) is 0. The zero-order chi connectivity index (χ0) is 19.1. The number of hydrogen-bond donors (Lipinski definition) is 3. The lowest BCUT2D eigenvalue weighted by Crippen LogP contribution is -2.32. The number of ether oxygens (including phenoxy) is 1. The molecule has 2 aromatic carbocycles. The molecule has 2 rings (SSSR count). The van der Waals surface area contributed by atoms with Gasteiger partial charge in [-0.25, -0.2) is 0 Å². The van der Waals surface area contributed by atoms with E-state index in [9.17, 15) is 9.59 Å². The molecule has 0 bridgehead atoms. The number of rotatable bonds is 5. The lowest BCUT2D eigenvalue weighted by atomic mass is 10.1. The number of benzene rings is 2. The summed E-state index contributed by atoms with van der Waals surface area (Å²) in [6.45, 7) is 5.27. The molecule has 0 saturated heterocycles. The first-order valence-corrected chi connectivity index (χ1v) is 8.42. The van der Waals surface area contributed by atoms with Crippen LogP contribution in [0.3, 0.4) is 0 Å². The van der Waals surface area contributed by atoms with E-state index in [1.54, 1.807) is 24.3 Å². The quantitative estimate of drug-likeness (QED) is 0.704. The third-order valence-electron chi connectivity index (χ3n) is 3.28. The van der Waals surface area contributed by atoms with Crippen LogP contribution in [-0.4, -0.2) is 23.5 Å². The molecule has 26 heavy (non-hydrogen) atoms. The van der Waals surface area contributed by atoms with Crippen LogP contribution in [0.25, 0.3) is 0 Å². The van der Waals surface area contributed by atoms with E-state index in [0.29, 0.717) is 17.1 Å². The van der Waals surface area contributed by atoms with Gasteiger partial charge < -0.3 is 20.7 Å². The average molecular weight is 371 g/mol. The topological polar surface area (TPSA) is 79.5 Å². The van der Waals surface area contributed by atoms with Crippen LogP contribution in [0.15, 0.2) is 42.5 Å². The van der Waals surface area contributed by atoms with Gasteiger partial charge in [-0.2, -0.15) is 0 Å². The molecule has 0 radical (unpaired) electrons. The summed E-state index contributed by atoms with van der Waals surface area (Å²) in [6.07, 6.45) is 0. The molecule has 0 unspecified atom stereocenters. The minimum Gasteiger partial charge on any atom is -0.484 e. The maximum Gasteiger partial charge on any atom is 0.262 e. The maximum absolute atomic E-state index is 12.0. The van der Waals surface area contributed by atoms with Gasteiger partial charge in [-0.1, -0.05) is 6.07 Å². The molecule has 0 saturated carbocycles. The molecule has 2 amide bonds. The molecule has 0 atom stereocenters. The van der Waals surface area contributed by atoms with E-state index in [4.69, 9.17) is 17.0 Å². The maximum atomic E-state index is 12.0. The Morgan fingerprint density at radius 3 is 2.04 bits per heavy atom. The fraction of sp³-hybridized carbons (Fsp3) is 0.211. The van der Waals surface area contributed by atoms with Crippen molar-refractivity contribution < 1.29 is 14.3 Å². The van der Waals surface area contributed by atoms with Crippen LogP contribution in [0.1, 0.15) is 18.1 Å². The predicted molar refractivity (Wildman–Crippen MR) is 107 cm³/mol. The van der Waals surface area contributed by atoms with Crippen molar-refractivity contribution in [2.24, 2.45) is 0 Å². The average Bonchev–Trinajstić information content (AvgIpc) is 2.53.